The summed E-state index contributed by atoms with van der Waals surface area (Å²) in [7, 11) is 0. The molecule has 1 unspecified atom stereocenters. The van der Waals surface area contributed by atoms with Crippen molar-refractivity contribution in [1.29, 1.82) is 0 Å². The van der Waals surface area contributed by atoms with E-state index in [0.717, 1.165) is 5.56 Å². The van der Waals surface area contributed by atoms with Crippen LogP contribution in [0.2, 0.25) is 0 Å². The maximum Gasteiger partial charge on any atom is 0.0849 e. The van der Waals surface area contributed by atoms with Crippen molar-refractivity contribution in [2.45, 2.75) is 5.38 Å². The molecule has 0 aliphatic heterocycles. The highest BCUT2D eigenvalue weighted by molar-refractivity contribution is 14.1. The Morgan fingerprint density at radius 3 is 2.72 bits per heavy atom. The number of hydrogen-bond donors (Lipinski definition) is 0. The molecular formula is C15H10ClIS. The Bertz CT molecular complexity index is 690. The molecule has 0 radical (unpaired) electrons. The first kappa shape index (κ1) is 12.5. The number of thiophene rings is 1. The summed E-state index contributed by atoms with van der Waals surface area (Å²) in [5, 5.41) is 3.36. The molecule has 0 aliphatic rings. The summed E-state index contributed by atoms with van der Waals surface area (Å²) in [5.74, 6) is 0. The van der Waals surface area contributed by atoms with E-state index in [4.69, 9.17) is 11.6 Å². The predicted octanol–water partition coefficient (Wildman–Crippen LogP) is 5.83. The van der Waals surface area contributed by atoms with Gasteiger partial charge in [-0.1, -0.05) is 30.3 Å². The monoisotopic (exact) mass is 384 g/mol. The summed E-state index contributed by atoms with van der Waals surface area (Å²) in [5.41, 5.74) is 2.37. The normalized spacial score (nSPS) is 12.8. The maximum absolute atomic E-state index is 6.63. The summed E-state index contributed by atoms with van der Waals surface area (Å²) in [6, 6.07) is 16.8. The molecule has 0 saturated carbocycles. The van der Waals surface area contributed by atoms with Gasteiger partial charge in [-0.05, 0) is 62.7 Å². The van der Waals surface area contributed by atoms with Crippen LogP contribution in [-0.4, -0.2) is 0 Å². The van der Waals surface area contributed by atoms with E-state index in [9.17, 15) is 0 Å². The Kier molecular flexibility index (Phi) is 3.59. The van der Waals surface area contributed by atoms with Gasteiger partial charge >= 0.3 is 0 Å². The molecule has 0 amide bonds. The van der Waals surface area contributed by atoms with Crippen molar-refractivity contribution in [2.75, 3.05) is 0 Å². The average molecular weight is 385 g/mol. The van der Waals surface area contributed by atoms with Crippen LogP contribution in [0, 0.1) is 3.57 Å². The van der Waals surface area contributed by atoms with E-state index in [2.05, 4.69) is 76.5 Å². The zero-order valence-corrected chi connectivity index (χ0v) is 13.2. The molecule has 0 spiro atoms. The molecule has 90 valence electrons. The smallest absolute Gasteiger partial charge is 0.0849 e. The molecule has 3 heteroatoms. The zero-order chi connectivity index (χ0) is 12.5. The lowest BCUT2D eigenvalue weighted by Crippen LogP contribution is -1.92. The van der Waals surface area contributed by atoms with Gasteiger partial charge in [0.25, 0.3) is 0 Å². The van der Waals surface area contributed by atoms with Gasteiger partial charge in [-0.3, -0.25) is 0 Å². The van der Waals surface area contributed by atoms with E-state index in [0.29, 0.717) is 0 Å². The van der Waals surface area contributed by atoms with E-state index >= 15 is 0 Å². The molecule has 0 N–H and O–H groups in total. The molecule has 0 fully saturated rings. The van der Waals surface area contributed by atoms with Crippen LogP contribution in [0.25, 0.3) is 10.1 Å². The molecule has 0 nitrogen and oxygen atoms in total. The van der Waals surface area contributed by atoms with Crippen LogP contribution in [0.5, 0.6) is 0 Å². The van der Waals surface area contributed by atoms with Crippen LogP contribution >= 0.6 is 45.5 Å². The number of hydrogen-bond acceptors (Lipinski definition) is 1. The summed E-state index contributed by atoms with van der Waals surface area (Å²) in [4.78, 5) is 0. The largest absolute Gasteiger partial charge is 0.143 e. The number of fused-ring (bicyclic) bond motifs is 1. The minimum Gasteiger partial charge on any atom is -0.143 e. The maximum atomic E-state index is 6.63. The van der Waals surface area contributed by atoms with Crippen LogP contribution in [-0.2, 0) is 0 Å². The van der Waals surface area contributed by atoms with Crippen molar-refractivity contribution in [3.05, 3.63) is 68.6 Å². The standard InChI is InChI=1S/C15H10ClIS/c16-15(10-4-3-5-11(17)8-10)13-9-18-14-7-2-1-6-12(13)14/h1-9,15H. The summed E-state index contributed by atoms with van der Waals surface area (Å²) in [6.45, 7) is 0. The van der Waals surface area contributed by atoms with Crippen LogP contribution in [0.1, 0.15) is 16.5 Å². The quantitative estimate of drug-likeness (QED) is 0.385. The number of rotatable bonds is 2. The second-order valence-electron chi connectivity index (χ2n) is 4.10. The fraction of sp³-hybridized carbons (Fsp3) is 0.0667. The van der Waals surface area contributed by atoms with Gasteiger partial charge in [-0.15, -0.1) is 22.9 Å². The molecule has 3 rings (SSSR count). The fourth-order valence-electron chi connectivity index (χ4n) is 2.04. The van der Waals surface area contributed by atoms with E-state index in [1.165, 1.54) is 19.2 Å². The highest BCUT2D eigenvalue weighted by Crippen LogP contribution is 2.37. The third-order valence-electron chi connectivity index (χ3n) is 2.93. The SMILES string of the molecule is ClC(c1cccc(I)c1)c1csc2ccccc12. The first-order valence-electron chi connectivity index (χ1n) is 5.61. The van der Waals surface area contributed by atoms with Crippen LogP contribution in [0.15, 0.2) is 53.9 Å². The van der Waals surface area contributed by atoms with E-state index in [-0.39, 0.29) is 5.38 Å². The molecule has 0 bridgehead atoms. The number of benzene rings is 2. The average Bonchev–Trinajstić information content (AvgIpc) is 2.82. The Morgan fingerprint density at radius 2 is 1.89 bits per heavy atom. The Labute approximate surface area is 129 Å². The molecule has 1 atom stereocenters. The van der Waals surface area contributed by atoms with E-state index in [1.54, 1.807) is 11.3 Å². The van der Waals surface area contributed by atoms with Crippen molar-refractivity contribution >= 4 is 55.6 Å². The lowest BCUT2D eigenvalue weighted by atomic mass is 10.0. The molecule has 18 heavy (non-hydrogen) atoms. The van der Waals surface area contributed by atoms with Crippen LogP contribution < -0.4 is 0 Å². The second-order valence-corrected chi connectivity index (χ2v) is 6.70. The van der Waals surface area contributed by atoms with Crippen molar-refractivity contribution in [2.24, 2.45) is 0 Å². The summed E-state index contributed by atoms with van der Waals surface area (Å²) < 4.78 is 2.51. The Hall–Kier alpha value is -0.580. The van der Waals surface area contributed by atoms with Gasteiger partial charge in [0.1, 0.15) is 0 Å². The first-order valence-corrected chi connectivity index (χ1v) is 8.01. The van der Waals surface area contributed by atoms with Gasteiger partial charge < -0.3 is 0 Å². The van der Waals surface area contributed by atoms with Crippen molar-refractivity contribution < 1.29 is 0 Å². The van der Waals surface area contributed by atoms with Crippen molar-refractivity contribution in [3.63, 3.8) is 0 Å². The van der Waals surface area contributed by atoms with Gasteiger partial charge in [0.15, 0.2) is 0 Å². The van der Waals surface area contributed by atoms with Crippen LogP contribution in [0.4, 0.5) is 0 Å². The number of alkyl halides is 1. The lowest BCUT2D eigenvalue weighted by Gasteiger charge is -2.09. The van der Waals surface area contributed by atoms with Gasteiger partial charge in [-0.2, -0.15) is 0 Å². The third-order valence-corrected chi connectivity index (χ3v) is 5.07. The number of halogens is 2. The van der Waals surface area contributed by atoms with E-state index < -0.39 is 0 Å². The molecule has 1 aromatic heterocycles. The molecule has 2 aromatic carbocycles. The molecular weight excluding hydrogens is 375 g/mol. The first-order chi connectivity index (χ1) is 8.75. The molecule has 3 aromatic rings. The van der Waals surface area contributed by atoms with Gasteiger partial charge in [-0.25, -0.2) is 0 Å². The molecule has 0 aliphatic carbocycles. The van der Waals surface area contributed by atoms with Crippen LogP contribution in [0.3, 0.4) is 0 Å². The fourth-order valence-corrected chi connectivity index (χ4v) is 3.98. The molecule has 0 saturated heterocycles. The third kappa shape index (κ3) is 2.29. The minimum atomic E-state index is -0.0733. The van der Waals surface area contributed by atoms with Gasteiger partial charge in [0, 0.05) is 8.27 Å². The Balaban J connectivity index is 2.09. The highest BCUT2D eigenvalue weighted by atomic mass is 127. The second kappa shape index (κ2) is 5.19. The zero-order valence-electron chi connectivity index (χ0n) is 9.44. The van der Waals surface area contributed by atoms with Crippen molar-refractivity contribution in [1.82, 2.24) is 0 Å². The Morgan fingerprint density at radius 1 is 1.06 bits per heavy atom. The highest BCUT2D eigenvalue weighted by Gasteiger charge is 2.15. The van der Waals surface area contributed by atoms with Crippen molar-refractivity contribution in [3.8, 4) is 0 Å². The van der Waals surface area contributed by atoms with E-state index in [1.807, 2.05) is 0 Å². The summed E-state index contributed by atoms with van der Waals surface area (Å²) >= 11 is 10.7. The minimum absolute atomic E-state index is 0.0733. The topological polar surface area (TPSA) is 0 Å². The van der Waals surface area contributed by atoms with Gasteiger partial charge in [0.05, 0.1) is 5.38 Å². The van der Waals surface area contributed by atoms with Gasteiger partial charge in [0.2, 0.25) is 0 Å². The lowest BCUT2D eigenvalue weighted by molar-refractivity contribution is 1.17. The molecule has 1 heterocycles. The predicted molar refractivity (Wildman–Crippen MR) is 88.7 cm³/mol. The summed E-state index contributed by atoms with van der Waals surface area (Å²) in [6.07, 6.45) is 0.